The minimum absolute atomic E-state index is 0.000694. The number of ketones is 1. The maximum atomic E-state index is 12.7. The lowest BCUT2D eigenvalue weighted by Gasteiger charge is -2.06. The third kappa shape index (κ3) is 2.39. The summed E-state index contributed by atoms with van der Waals surface area (Å²) in [6.07, 6.45) is 0. The summed E-state index contributed by atoms with van der Waals surface area (Å²) >= 11 is 0. The van der Waals surface area contributed by atoms with Crippen molar-refractivity contribution in [3.05, 3.63) is 62.7 Å². The Morgan fingerprint density at radius 2 is 1.64 bits per heavy atom. The number of hydrogen-bond acceptors (Lipinski definition) is 5. The number of benzene rings is 2. The van der Waals surface area contributed by atoms with Crippen LogP contribution in [0, 0.1) is 24.0 Å². The summed E-state index contributed by atoms with van der Waals surface area (Å²) in [7, 11) is 0. The average Bonchev–Trinajstić information content (AvgIpc) is 2.91. The molecule has 0 aromatic heterocycles. The summed E-state index contributed by atoms with van der Waals surface area (Å²) in [5.41, 5.74) is 1.98. The Kier molecular flexibility index (Phi) is 3.29. The number of fused-ring (bicyclic) bond motifs is 1. The Bertz CT molecular complexity index is 777. The van der Waals surface area contributed by atoms with Crippen molar-refractivity contribution in [2.45, 2.75) is 13.8 Å². The summed E-state index contributed by atoms with van der Waals surface area (Å²) in [5, 5.41) is 11.2. The molecule has 0 atom stereocenters. The van der Waals surface area contributed by atoms with Crippen LogP contribution in [0.4, 0.5) is 5.69 Å². The number of nitro groups is 1. The summed E-state index contributed by atoms with van der Waals surface area (Å²) < 4.78 is 10.3. The van der Waals surface area contributed by atoms with E-state index in [9.17, 15) is 14.9 Å². The minimum Gasteiger partial charge on any atom is -0.454 e. The van der Waals surface area contributed by atoms with Crippen LogP contribution in [-0.4, -0.2) is 17.5 Å². The zero-order valence-corrected chi connectivity index (χ0v) is 12.1. The minimum atomic E-state index is -0.585. The van der Waals surface area contributed by atoms with E-state index in [1.54, 1.807) is 12.1 Å². The van der Waals surface area contributed by atoms with E-state index in [1.165, 1.54) is 12.1 Å². The van der Waals surface area contributed by atoms with Crippen molar-refractivity contribution in [3.63, 3.8) is 0 Å². The predicted octanol–water partition coefficient (Wildman–Crippen LogP) is 3.17. The third-order valence-corrected chi connectivity index (χ3v) is 3.42. The lowest BCUT2D eigenvalue weighted by Crippen LogP contribution is -2.06. The van der Waals surface area contributed by atoms with Gasteiger partial charge in [-0.05, 0) is 26.0 Å². The smallest absolute Gasteiger partial charge is 0.284 e. The summed E-state index contributed by atoms with van der Waals surface area (Å²) in [5.74, 6) is 0.221. The fraction of sp³-hybridized carbons (Fsp3) is 0.188. The SMILES string of the molecule is Cc1cc(C)cc(C(=O)c2cc3c(cc2[N+](=O)[O-])OCO3)c1. The zero-order chi connectivity index (χ0) is 15.9. The van der Waals surface area contributed by atoms with Crippen LogP contribution < -0.4 is 9.47 Å². The molecule has 0 unspecified atom stereocenters. The summed E-state index contributed by atoms with van der Waals surface area (Å²) in [6.45, 7) is 3.74. The molecule has 22 heavy (non-hydrogen) atoms. The fourth-order valence-electron chi connectivity index (χ4n) is 2.53. The molecule has 6 nitrogen and oxygen atoms in total. The van der Waals surface area contributed by atoms with E-state index in [0.29, 0.717) is 11.3 Å². The van der Waals surface area contributed by atoms with E-state index in [2.05, 4.69) is 0 Å². The third-order valence-electron chi connectivity index (χ3n) is 3.42. The highest BCUT2D eigenvalue weighted by atomic mass is 16.7. The molecular formula is C16H13NO5. The highest BCUT2D eigenvalue weighted by Crippen LogP contribution is 2.38. The van der Waals surface area contributed by atoms with E-state index in [0.717, 1.165) is 11.1 Å². The number of carbonyl (C=O) groups is 1. The number of rotatable bonds is 3. The molecule has 1 aliphatic rings. The van der Waals surface area contributed by atoms with Gasteiger partial charge in [0, 0.05) is 11.6 Å². The van der Waals surface area contributed by atoms with Crippen LogP contribution in [0.2, 0.25) is 0 Å². The maximum Gasteiger partial charge on any atom is 0.284 e. The number of aryl methyl sites for hydroxylation is 2. The Morgan fingerprint density at radius 3 is 2.23 bits per heavy atom. The van der Waals surface area contributed by atoms with E-state index in [1.807, 2.05) is 19.9 Å². The zero-order valence-electron chi connectivity index (χ0n) is 12.1. The number of ether oxygens (including phenoxy) is 2. The maximum absolute atomic E-state index is 12.7. The molecule has 0 radical (unpaired) electrons. The predicted molar refractivity (Wildman–Crippen MR) is 78.6 cm³/mol. The molecule has 0 bridgehead atoms. The second-order valence-electron chi connectivity index (χ2n) is 5.19. The molecule has 0 saturated carbocycles. The molecule has 3 rings (SSSR count). The van der Waals surface area contributed by atoms with Crippen LogP contribution in [0.1, 0.15) is 27.0 Å². The first-order valence-electron chi connectivity index (χ1n) is 6.67. The highest BCUT2D eigenvalue weighted by Gasteiger charge is 2.27. The van der Waals surface area contributed by atoms with Crippen molar-refractivity contribution in [3.8, 4) is 11.5 Å². The van der Waals surface area contributed by atoms with Gasteiger partial charge in [0.2, 0.25) is 6.79 Å². The van der Waals surface area contributed by atoms with Crippen LogP contribution in [0.5, 0.6) is 11.5 Å². The largest absolute Gasteiger partial charge is 0.454 e. The van der Waals surface area contributed by atoms with Gasteiger partial charge in [0.1, 0.15) is 5.56 Å². The molecule has 2 aromatic rings. The topological polar surface area (TPSA) is 78.7 Å². The lowest BCUT2D eigenvalue weighted by atomic mass is 9.98. The normalized spacial score (nSPS) is 12.3. The summed E-state index contributed by atoms with van der Waals surface area (Å²) in [4.78, 5) is 23.3. The van der Waals surface area contributed by atoms with E-state index < -0.39 is 10.7 Å². The molecule has 0 N–H and O–H groups in total. The Labute approximate surface area is 126 Å². The molecule has 112 valence electrons. The Hall–Kier alpha value is -2.89. The molecule has 6 heteroatoms. The monoisotopic (exact) mass is 299 g/mol. The van der Waals surface area contributed by atoms with Crippen molar-refractivity contribution in [2.75, 3.05) is 6.79 Å². The number of hydrogen-bond donors (Lipinski definition) is 0. The first-order chi connectivity index (χ1) is 10.5. The quantitative estimate of drug-likeness (QED) is 0.494. The van der Waals surface area contributed by atoms with Crippen molar-refractivity contribution >= 4 is 11.5 Å². The van der Waals surface area contributed by atoms with Gasteiger partial charge in [-0.25, -0.2) is 0 Å². The standard InChI is InChI=1S/C16H13NO5/c1-9-3-10(2)5-11(4-9)16(18)12-6-14-15(22-8-21-14)7-13(12)17(19)20/h3-7H,8H2,1-2H3. The fourth-order valence-corrected chi connectivity index (χ4v) is 2.53. The number of nitrogens with zero attached hydrogens (tertiary/aromatic N) is 1. The Balaban J connectivity index is 2.14. The summed E-state index contributed by atoms with van der Waals surface area (Å²) in [6, 6.07) is 7.97. The Morgan fingerprint density at radius 1 is 1.05 bits per heavy atom. The van der Waals surface area contributed by atoms with Gasteiger partial charge < -0.3 is 9.47 Å². The van der Waals surface area contributed by atoms with Crippen LogP contribution in [-0.2, 0) is 0 Å². The van der Waals surface area contributed by atoms with E-state index in [-0.39, 0.29) is 23.8 Å². The van der Waals surface area contributed by atoms with E-state index in [4.69, 9.17) is 9.47 Å². The molecule has 0 fully saturated rings. The first-order valence-corrected chi connectivity index (χ1v) is 6.67. The molecule has 0 saturated heterocycles. The number of nitro benzene ring substituents is 1. The van der Waals surface area contributed by atoms with Gasteiger partial charge in [-0.3, -0.25) is 14.9 Å². The van der Waals surface area contributed by atoms with E-state index >= 15 is 0 Å². The molecule has 2 aromatic carbocycles. The van der Waals surface area contributed by atoms with Gasteiger partial charge in [-0.15, -0.1) is 0 Å². The van der Waals surface area contributed by atoms with Gasteiger partial charge in [0.05, 0.1) is 11.0 Å². The molecule has 0 spiro atoms. The van der Waals surface area contributed by atoms with Crippen molar-refractivity contribution in [1.29, 1.82) is 0 Å². The molecule has 1 heterocycles. The second kappa shape index (κ2) is 5.14. The van der Waals surface area contributed by atoms with Gasteiger partial charge in [-0.2, -0.15) is 0 Å². The average molecular weight is 299 g/mol. The van der Waals surface area contributed by atoms with Gasteiger partial charge in [0.25, 0.3) is 5.69 Å². The first kappa shape index (κ1) is 14.1. The van der Waals surface area contributed by atoms with Crippen LogP contribution in [0.15, 0.2) is 30.3 Å². The lowest BCUT2D eigenvalue weighted by molar-refractivity contribution is -0.385. The van der Waals surface area contributed by atoms with Gasteiger partial charge >= 0.3 is 0 Å². The molecule has 1 aliphatic heterocycles. The van der Waals surface area contributed by atoms with Crippen molar-refractivity contribution < 1.29 is 19.2 Å². The van der Waals surface area contributed by atoms with Crippen LogP contribution >= 0.6 is 0 Å². The molecule has 0 aliphatic carbocycles. The van der Waals surface area contributed by atoms with Crippen molar-refractivity contribution in [1.82, 2.24) is 0 Å². The van der Waals surface area contributed by atoms with Gasteiger partial charge in [0.15, 0.2) is 17.3 Å². The molecule has 0 amide bonds. The number of carbonyl (C=O) groups excluding carboxylic acids is 1. The van der Waals surface area contributed by atoms with Crippen LogP contribution in [0.25, 0.3) is 0 Å². The second-order valence-corrected chi connectivity index (χ2v) is 5.19. The van der Waals surface area contributed by atoms with Crippen molar-refractivity contribution in [2.24, 2.45) is 0 Å². The van der Waals surface area contributed by atoms with Crippen LogP contribution in [0.3, 0.4) is 0 Å². The van der Waals surface area contributed by atoms with Gasteiger partial charge in [-0.1, -0.05) is 17.2 Å². The highest BCUT2D eigenvalue weighted by molar-refractivity contribution is 6.12. The molecular weight excluding hydrogens is 286 g/mol.